The second kappa shape index (κ2) is 12.5. The van der Waals surface area contributed by atoms with E-state index in [2.05, 4.69) is 64.0 Å². The molecule has 1 saturated carbocycles. The minimum absolute atomic E-state index is 0.0156. The second-order valence-electron chi connectivity index (χ2n) is 12.9. The molecule has 1 aliphatic heterocycles. The van der Waals surface area contributed by atoms with Gasteiger partial charge in [0.2, 0.25) is 5.95 Å². The lowest BCUT2D eigenvalue weighted by Crippen LogP contribution is -2.60. The van der Waals surface area contributed by atoms with Gasteiger partial charge in [0.1, 0.15) is 5.82 Å². The van der Waals surface area contributed by atoms with Gasteiger partial charge in [-0.15, -0.1) is 0 Å². The van der Waals surface area contributed by atoms with Crippen molar-refractivity contribution in [3.63, 3.8) is 0 Å². The van der Waals surface area contributed by atoms with Gasteiger partial charge in [0, 0.05) is 24.2 Å². The molecule has 46 heavy (non-hydrogen) atoms. The summed E-state index contributed by atoms with van der Waals surface area (Å²) in [4.78, 5) is 20.7. The molecule has 0 amide bonds. The van der Waals surface area contributed by atoms with Crippen molar-refractivity contribution < 1.29 is 21.8 Å². The Labute approximate surface area is 265 Å². The van der Waals surface area contributed by atoms with Gasteiger partial charge in [-0.05, 0) is 99.6 Å². The molecule has 0 spiro atoms. The summed E-state index contributed by atoms with van der Waals surface area (Å²) in [6.07, 6.45) is 4.43. The van der Waals surface area contributed by atoms with Gasteiger partial charge in [-0.2, -0.15) is 22.8 Å². The van der Waals surface area contributed by atoms with Crippen LogP contribution in [0, 0.1) is 11.6 Å². The number of tetrazole rings is 1. The van der Waals surface area contributed by atoms with Gasteiger partial charge in [0.05, 0.1) is 22.5 Å². The number of halogens is 2. The Morgan fingerprint density at radius 1 is 1.00 bits per heavy atom. The first-order valence-electron chi connectivity index (χ1n) is 14.7. The van der Waals surface area contributed by atoms with E-state index < -0.39 is 27.4 Å². The highest BCUT2D eigenvalue weighted by molar-refractivity contribution is 7.85. The van der Waals surface area contributed by atoms with Crippen molar-refractivity contribution in [3.8, 4) is 5.69 Å². The molecule has 0 radical (unpaired) electrons. The van der Waals surface area contributed by atoms with Crippen LogP contribution in [0.25, 0.3) is 5.69 Å². The Morgan fingerprint density at radius 2 is 1.65 bits per heavy atom. The zero-order chi connectivity index (χ0) is 33.4. The maximum Gasteiger partial charge on any atom is 0.368 e. The van der Waals surface area contributed by atoms with Crippen LogP contribution in [0.2, 0.25) is 0 Å². The summed E-state index contributed by atoms with van der Waals surface area (Å²) in [6, 6.07) is 10.3. The van der Waals surface area contributed by atoms with Gasteiger partial charge in [-0.3, -0.25) is 4.55 Å². The molecule has 2 aromatic carbocycles. The number of hydrogen-bond acceptors (Lipinski definition) is 10. The molecular formula is C30H37F2N9O4S. The summed E-state index contributed by atoms with van der Waals surface area (Å²) in [5.41, 5.74) is 0.481. The normalized spacial score (nSPS) is 17.6. The molecule has 2 aliphatic rings. The molecule has 4 aromatic rings. The Kier molecular flexibility index (Phi) is 8.99. The van der Waals surface area contributed by atoms with Crippen LogP contribution in [0.1, 0.15) is 64.9 Å². The quantitative estimate of drug-likeness (QED) is 0.209. The predicted octanol–water partition coefficient (Wildman–Crippen LogP) is 4.31. The molecule has 0 atom stereocenters. The van der Waals surface area contributed by atoms with E-state index in [1.807, 2.05) is 0 Å². The Hall–Kier alpha value is -4.28. The lowest BCUT2D eigenvalue weighted by molar-refractivity contribution is 0.170. The molecule has 0 unspecified atom stereocenters. The van der Waals surface area contributed by atoms with Crippen LogP contribution in [0.5, 0.6) is 0 Å². The monoisotopic (exact) mass is 657 g/mol. The number of piperidine rings is 1. The molecule has 3 heterocycles. The number of nitrogens with zero attached hydrogens (tertiary/aromatic N) is 6. The van der Waals surface area contributed by atoms with Crippen molar-refractivity contribution in [2.75, 3.05) is 10.6 Å². The van der Waals surface area contributed by atoms with Crippen LogP contribution in [0.4, 0.5) is 26.2 Å². The lowest BCUT2D eigenvalue weighted by atomic mass is 9.79. The molecule has 2 fully saturated rings. The van der Waals surface area contributed by atoms with Crippen molar-refractivity contribution in [2.45, 2.75) is 81.3 Å². The standard InChI is InChI=1S/C24H31F2N9O.C6H6O3S/c1-23(2)10-14(11-24(3,4)31-23)28-20-17(26)12-27-21(30-20)29-18-9-19(35-22(36)34(5)32-33-35)15(8-16(18)25)13-6-7-13;7-10(8,9)6-4-2-1-3-5-6/h8-9,12-14,31H,6-7,10-11H2,1-5H3,(H2,27,28,29,30);1-5H,(H,7,8,9). The fourth-order valence-corrected chi connectivity index (χ4v) is 6.40. The van der Waals surface area contributed by atoms with E-state index in [1.165, 1.54) is 31.3 Å². The van der Waals surface area contributed by atoms with E-state index in [0.717, 1.165) is 41.2 Å². The Balaban J connectivity index is 0.000000356. The largest absolute Gasteiger partial charge is 0.368 e. The molecular weight excluding hydrogens is 620 g/mol. The van der Waals surface area contributed by atoms with Crippen molar-refractivity contribution in [3.05, 3.63) is 76.3 Å². The molecule has 2 aromatic heterocycles. The first-order chi connectivity index (χ1) is 21.5. The number of hydrogen-bond donors (Lipinski definition) is 4. The zero-order valence-electron chi connectivity index (χ0n) is 26.1. The zero-order valence-corrected chi connectivity index (χ0v) is 26.9. The molecule has 246 valence electrons. The molecule has 0 bridgehead atoms. The minimum Gasteiger partial charge on any atom is -0.365 e. The highest BCUT2D eigenvalue weighted by Gasteiger charge is 2.38. The van der Waals surface area contributed by atoms with Crippen LogP contribution in [-0.4, -0.2) is 59.8 Å². The van der Waals surface area contributed by atoms with Crippen LogP contribution in [-0.2, 0) is 17.2 Å². The van der Waals surface area contributed by atoms with Gasteiger partial charge >= 0.3 is 5.69 Å². The van der Waals surface area contributed by atoms with E-state index in [4.69, 9.17) is 4.55 Å². The summed E-state index contributed by atoms with van der Waals surface area (Å²) in [5.74, 6) is -0.880. The summed E-state index contributed by atoms with van der Waals surface area (Å²) in [7, 11) is -2.51. The van der Waals surface area contributed by atoms with E-state index >= 15 is 4.39 Å². The number of benzene rings is 2. The fourth-order valence-electron chi connectivity index (χ4n) is 5.90. The fraction of sp³-hybridized carbons (Fsp3) is 0.433. The first kappa shape index (κ1) is 33.1. The highest BCUT2D eigenvalue weighted by atomic mass is 32.2. The number of aromatic nitrogens is 6. The number of rotatable bonds is 7. The van der Waals surface area contributed by atoms with Gasteiger partial charge in [-0.1, -0.05) is 18.2 Å². The average molecular weight is 658 g/mol. The van der Waals surface area contributed by atoms with E-state index in [1.54, 1.807) is 18.2 Å². The van der Waals surface area contributed by atoms with Gasteiger partial charge < -0.3 is 16.0 Å². The third-order valence-corrected chi connectivity index (χ3v) is 8.51. The molecule has 13 nitrogen and oxygen atoms in total. The summed E-state index contributed by atoms with van der Waals surface area (Å²) in [6.45, 7) is 8.44. The maximum absolute atomic E-state index is 15.1. The van der Waals surface area contributed by atoms with Crippen LogP contribution < -0.4 is 21.6 Å². The summed E-state index contributed by atoms with van der Waals surface area (Å²) < 4.78 is 61.3. The van der Waals surface area contributed by atoms with Gasteiger partial charge in [0.15, 0.2) is 11.6 Å². The third-order valence-electron chi connectivity index (χ3n) is 7.65. The van der Waals surface area contributed by atoms with Crippen molar-refractivity contribution >= 4 is 27.6 Å². The highest BCUT2D eigenvalue weighted by Crippen LogP contribution is 2.44. The average Bonchev–Trinajstić information content (AvgIpc) is 3.75. The molecule has 16 heteroatoms. The topological polar surface area (TPSA) is 169 Å². The smallest absolute Gasteiger partial charge is 0.365 e. The van der Waals surface area contributed by atoms with Crippen LogP contribution >= 0.6 is 0 Å². The third kappa shape index (κ3) is 7.92. The summed E-state index contributed by atoms with van der Waals surface area (Å²) in [5, 5.41) is 17.3. The number of aryl methyl sites for hydroxylation is 1. The number of anilines is 3. The lowest BCUT2D eigenvalue weighted by Gasteiger charge is -2.46. The van der Waals surface area contributed by atoms with Crippen molar-refractivity contribution in [1.29, 1.82) is 0 Å². The second-order valence-corrected chi connectivity index (χ2v) is 14.3. The summed E-state index contributed by atoms with van der Waals surface area (Å²) >= 11 is 0. The van der Waals surface area contributed by atoms with E-state index in [9.17, 15) is 17.6 Å². The number of nitrogens with one attached hydrogen (secondary N) is 3. The Bertz CT molecular complexity index is 1880. The van der Waals surface area contributed by atoms with Crippen molar-refractivity contribution in [2.24, 2.45) is 7.05 Å². The maximum atomic E-state index is 15.1. The van der Waals surface area contributed by atoms with E-state index in [0.29, 0.717) is 11.3 Å². The molecule has 4 N–H and O–H groups in total. The van der Waals surface area contributed by atoms with Crippen molar-refractivity contribution in [1.82, 2.24) is 35.1 Å². The van der Waals surface area contributed by atoms with Gasteiger partial charge in [-0.25, -0.2) is 18.6 Å². The SMILES string of the molecule is Cn1nnn(-c2cc(Nc3ncc(F)c(NC4CC(C)(C)NC(C)(C)C4)n3)c(F)cc2C2CC2)c1=O.O=S(=O)(O)c1ccccc1. The molecule has 1 aliphatic carbocycles. The first-order valence-corrected chi connectivity index (χ1v) is 16.2. The van der Waals surface area contributed by atoms with E-state index in [-0.39, 0.29) is 45.4 Å². The van der Waals surface area contributed by atoms with Gasteiger partial charge in [0.25, 0.3) is 10.1 Å². The Morgan fingerprint density at radius 3 is 2.20 bits per heavy atom. The molecule has 1 saturated heterocycles. The van der Waals surface area contributed by atoms with Crippen LogP contribution in [0.15, 0.2) is 58.4 Å². The molecule has 6 rings (SSSR count). The van der Waals surface area contributed by atoms with Crippen LogP contribution in [0.3, 0.4) is 0 Å². The predicted molar refractivity (Wildman–Crippen MR) is 168 cm³/mol. The minimum atomic E-state index is -4.00.